The van der Waals surface area contributed by atoms with Crippen molar-refractivity contribution in [1.29, 1.82) is 0 Å². The molecule has 1 rings (SSSR count). The van der Waals surface area contributed by atoms with E-state index < -0.39 is 0 Å². The van der Waals surface area contributed by atoms with E-state index in [4.69, 9.17) is 5.11 Å². The van der Waals surface area contributed by atoms with Gasteiger partial charge in [0.2, 0.25) is 5.91 Å². The zero-order valence-corrected chi connectivity index (χ0v) is 13.4. The lowest BCUT2D eigenvalue weighted by Crippen LogP contribution is -2.28. The van der Waals surface area contributed by atoms with E-state index >= 15 is 0 Å². The topological polar surface area (TPSA) is 49.3 Å². The number of amides is 1. The highest BCUT2D eigenvalue weighted by molar-refractivity contribution is 7.99. The molecule has 2 N–H and O–H groups in total. The molecule has 1 amide bonds. The molecule has 0 saturated carbocycles. The number of carbonyl (C=O) groups is 1. The highest BCUT2D eigenvalue weighted by Gasteiger charge is 2.05. The summed E-state index contributed by atoms with van der Waals surface area (Å²) in [5.74, 6) is 1.21. The van der Waals surface area contributed by atoms with Crippen LogP contribution in [0.3, 0.4) is 0 Å². The van der Waals surface area contributed by atoms with Crippen molar-refractivity contribution >= 4 is 17.7 Å². The van der Waals surface area contributed by atoms with Crippen LogP contribution in [-0.4, -0.2) is 29.9 Å². The highest BCUT2D eigenvalue weighted by Crippen LogP contribution is 2.21. The molecule has 0 bridgehead atoms. The molecule has 0 aliphatic carbocycles. The monoisotopic (exact) mass is 295 g/mol. The summed E-state index contributed by atoms with van der Waals surface area (Å²) in [4.78, 5) is 12.9. The van der Waals surface area contributed by atoms with Gasteiger partial charge in [-0.25, -0.2) is 0 Å². The lowest BCUT2D eigenvalue weighted by molar-refractivity contribution is -0.120. The molecule has 0 saturated heterocycles. The van der Waals surface area contributed by atoms with Gasteiger partial charge in [0.25, 0.3) is 0 Å². The number of carbonyl (C=O) groups excluding carboxylic acids is 1. The van der Waals surface area contributed by atoms with Crippen LogP contribution in [0.4, 0.5) is 0 Å². The van der Waals surface area contributed by atoms with E-state index in [1.54, 1.807) is 11.8 Å². The van der Waals surface area contributed by atoms with E-state index in [0.717, 1.165) is 12.2 Å². The fourth-order valence-electron chi connectivity index (χ4n) is 1.76. The molecule has 0 spiro atoms. The minimum absolute atomic E-state index is 0.0890. The number of aryl methyl sites for hydroxylation is 2. The van der Waals surface area contributed by atoms with Gasteiger partial charge in [-0.3, -0.25) is 4.79 Å². The molecule has 4 heteroatoms. The molecular formula is C16H25NO2S. The van der Waals surface area contributed by atoms with Crippen molar-refractivity contribution < 1.29 is 9.90 Å². The molecule has 112 valence electrons. The Hall–Kier alpha value is -1.00. The smallest absolute Gasteiger partial charge is 0.220 e. The van der Waals surface area contributed by atoms with E-state index in [9.17, 15) is 4.79 Å². The minimum Gasteiger partial charge on any atom is -0.396 e. The van der Waals surface area contributed by atoms with Crippen molar-refractivity contribution in [3.8, 4) is 0 Å². The van der Waals surface area contributed by atoms with Crippen LogP contribution in [0.2, 0.25) is 0 Å². The first kappa shape index (κ1) is 17.1. The van der Waals surface area contributed by atoms with Crippen LogP contribution in [0.15, 0.2) is 23.1 Å². The quantitative estimate of drug-likeness (QED) is 0.725. The second-order valence-electron chi connectivity index (χ2n) is 5.27. The van der Waals surface area contributed by atoms with E-state index in [1.165, 1.54) is 16.0 Å². The number of hydrogen-bond acceptors (Lipinski definition) is 3. The van der Waals surface area contributed by atoms with Crippen LogP contribution in [0.5, 0.6) is 0 Å². The first-order chi connectivity index (χ1) is 9.52. The number of nitrogens with one attached hydrogen (secondary N) is 1. The largest absolute Gasteiger partial charge is 0.396 e. The van der Waals surface area contributed by atoms with Crippen molar-refractivity contribution in [3.05, 3.63) is 29.3 Å². The maximum absolute atomic E-state index is 11.7. The van der Waals surface area contributed by atoms with Gasteiger partial charge < -0.3 is 10.4 Å². The Morgan fingerprint density at radius 1 is 1.35 bits per heavy atom. The summed E-state index contributed by atoms with van der Waals surface area (Å²) < 4.78 is 0. The molecule has 0 aliphatic heterocycles. The van der Waals surface area contributed by atoms with E-state index in [-0.39, 0.29) is 12.5 Å². The Kier molecular flexibility index (Phi) is 7.70. The summed E-state index contributed by atoms with van der Waals surface area (Å²) >= 11 is 1.72. The van der Waals surface area contributed by atoms with E-state index in [0.29, 0.717) is 18.9 Å². The van der Waals surface area contributed by atoms with Crippen LogP contribution < -0.4 is 5.32 Å². The van der Waals surface area contributed by atoms with Gasteiger partial charge in [0.05, 0.1) is 0 Å². The lowest BCUT2D eigenvalue weighted by Gasteiger charge is -2.11. The minimum atomic E-state index is 0.0890. The molecule has 0 fully saturated rings. The lowest BCUT2D eigenvalue weighted by atomic mass is 10.1. The van der Waals surface area contributed by atoms with Gasteiger partial charge >= 0.3 is 0 Å². The molecule has 1 aromatic rings. The normalized spacial score (nSPS) is 12.2. The molecule has 0 aromatic heterocycles. The standard InChI is InChI=1S/C16H25NO2S/c1-12(6-8-18)11-17-16(19)7-9-20-15-5-4-13(2)14(3)10-15/h4-5,10,12,18H,6-9,11H2,1-3H3,(H,17,19). The van der Waals surface area contributed by atoms with Crippen molar-refractivity contribution in [2.24, 2.45) is 5.92 Å². The summed E-state index contributed by atoms with van der Waals surface area (Å²) in [5, 5.41) is 11.7. The molecule has 1 unspecified atom stereocenters. The predicted molar refractivity (Wildman–Crippen MR) is 85.1 cm³/mol. The average Bonchev–Trinajstić information content (AvgIpc) is 2.41. The fraction of sp³-hybridized carbons (Fsp3) is 0.562. The van der Waals surface area contributed by atoms with Gasteiger partial charge in [0.15, 0.2) is 0 Å². The third-order valence-corrected chi connectivity index (χ3v) is 4.34. The van der Waals surface area contributed by atoms with Crippen molar-refractivity contribution in [1.82, 2.24) is 5.32 Å². The Morgan fingerprint density at radius 2 is 2.10 bits per heavy atom. The Morgan fingerprint density at radius 3 is 2.75 bits per heavy atom. The molecule has 20 heavy (non-hydrogen) atoms. The van der Waals surface area contributed by atoms with Gasteiger partial charge in [0.1, 0.15) is 0 Å². The third-order valence-electron chi connectivity index (χ3n) is 3.35. The fourth-order valence-corrected chi connectivity index (χ4v) is 2.71. The van der Waals surface area contributed by atoms with Gasteiger partial charge in [-0.15, -0.1) is 11.8 Å². The molecule has 3 nitrogen and oxygen atoms in total. The van der Waals surface area contributed by atoms with Crippen LogP contribution in [0.1, 0.15) is 30.9 Å². The maximum Gasteiger partial charge on any atom is 0.220 e. The summed E-state index contributed by atoms with van der Waals surface area (Å²) in [5.41, 5.74) is 2.59. The number of benzene rings is 1. The Bertz CT molecular complexity index is 434. The number of thioether (sulfide) groups is 1. The number of aliphatic hydroxyl groups is 1. The second kappa shape index (κ2) is 9.03. The van der Waals surface area contributed by atoms with Gasteiger partial charge in [-0.05, 0) is 49.4 Å². The molecule has 1 atom stereocenters. The van der Waals surface area contributed by atoms with Crippen LogP contribution in [0, 0.1) is 19.8 Å². The number of aliphatic hydroxyl groups excluding tert-OH is 1. The Balaban J connectivity index is 2.23. The predicted octanol–water partition coefficient (Wildman–Crippen LogP) is 2.92. The molecular weight excluding hydrogens is 270 g/mol. The number of hydrogen-bond donors (Lipinski definition) is 2. The highest BCUT2D eigenvalue weighted by atomic mass is 32.2. The van der Waals surface area contributed by atoms with E-state index in [2.05, 4.69) is 37.4 Å². The molecule has 0 heterocycles. The zero-order chi connectivity index (χ0) is 15.0. The van der Waals surface area contributed by atoms with Crippen LogP contribution in [-0.2, 0) is 4.79 Å². The van der Waals surface area contributed by atoms with Crippen LogP contribution in [0.25, 0.3) is 0 Å². The SMILES string of the molecule is Cc1ccc(SCCC(=O)NCC(C)CCO)cc1C. The maximum atomic E-state index is 11.7. The molecule has 0 aliphatic rings. The van der Waals surface area contributed by atoms with Crippen LogP contribution >= 0.6 is 11.8 Å². The summed E-state index contributed by atoms with van der Waals surface area (Å²) in [6.07, 6.45) is 1.26. The van der Waals surface area contributed by atoms with E-state index in [1.807, 2.05) is 6.92 Å². The van der Waals surface area contributed by atoms with Crippen molar-refractivity contribution in [2.45, 2.75) is 38.5 Å². The first-order valence-electron chi connectivity index (χ1n) is 7.10. The summed E-state index contributed by atoms with van der Waals surface area (Å²) in [7, 11) is 0. The molecule has 1 aromatic carbocycles. The van der Waals surface area contributed by atoms with Crippen molar-refractivity contribution in [2.75, 3.05) is 18.9 Å². The molecule has 0 radical (unpaired) electrons. The average molecular weight is 295 g/mol. The Labute approximate surface area is 126 Å². The van der Waals surface area contributed by atoms with Gasteiger partial charge in [-0.1, -0.05) is 13.0 Å². The van der Waals surface area contributed by atoms with Gasteiger partial charge in [0, 0.05) is 30.2 Å². The second-order valence-corrected chi connectivity index (χ2v) is 6.43. The number of rotatable bonds is 8. The zero-order valence-electron chi connectivity index (χ0n) is 12.6. The third kappa shape index (κ3) is 6.44. The summed E-state index contributed by atoms with van der Waals surface area (Å²) in [6, 6.07) is 6.39. The van der Waals surface area contributed by atoms with Gasteiger partial charge in [-0.2, -0.15) is 0 Å². The first-order valence-corrected chi connectivity index (χ1v) is 8.09. The summed E-state index contributed by atoms with van der Waals surface area (Å²) in [6.45, 7) is 7.06. The van der Waals surface area contributed by atoms with Crippen molar-refractivity contribution in [3.63, 3.8) is 0 Å².